The molecule has 0 radical (unpaired) electrons. The molecule has 0 fully saturated rings. The second-order valence-electron chi connectivity index (χ2n) is 7.91. The van der Waals surface area contributed by atoms with Crippen LogP contribution in [0.2, 0.25) is 0 Å². The van der Waals surface area contributed by atoms with Gasteiger partial charge in [-0.1, -0.05) is 35.2 Å². The standard InChI is InChI=1S/C24H24N4O4S2/c1-15-10-19(16(2)28(15)12-18-13-31-21-7-3-4-8-22(21)32-18)20(29)14-33-24-27-26-23(34-24)25-11-17-6-5-9-30-17/h3-10,18H,11-14H2,1-2H3,(H,25,26)/t18-/m1/s1. The third-order valence-corrected chi connectivity index (χ3v) is 7.57. The summed E-state index contributed by atoms with van der Waals surface area (Å²) in [5, 5.41) is 12.2. The van der Waals surface area contributed by atoms with Crippen molar-refractivity contribution >= 4 is 34.0 Å². The summed E-state index contributed by atoms with van der Waals surface area (Å²) in [7, 11) is 0. The molecule has 8 nitrogen and oxygen atoms in total. The molecule has 1 aromatic carbocycles. The van der Waals surface area contributed by atoms with E-state index in [-0.39, 0.29) is 11.9 Å². The fourth-order valence-electron chi connectivity index (χ4n) is 3.84. The predicted molar refractivity (Wildman–Crippen MR) is 131 cm³/mol. The summed E-state index contributed by atoms with van der Waals surface area (Å²) in [5.74, 6) is 2.71. The Labute approximate surface area is 205 Å². The molecular formula is C24H24N4O4S2. The summed E-state index contributed by atoms with van der Waals surface area (Å²) in [5.41, 5.74) is 2.68. The normalized spacial score (nSPS) is 14.8. The van der Waals surface area contributed by atoms with E-state index in [2.05, 4.69) is 20.1 Å². The molecule has 4 aromatic rings. The number of benzene rings is 1. The molecule has 0 saturated heterocycles. The van der Waals surface area contributed by atoms with Crippen LogP contribution in [-0.4, -0.2) is 39.0 Å². The van der Waals surface area contributed by atoms with Crippen LogP contribution in [0.15, 0.2) is 57.5 Å². The quantitative estimate of drug-likeness (QED) is 0.256. The van der Waals surface area contributed by atoms with Gasteiger partial charge >= 0.3 is 0 Å². The maximum Gasteiger partial charge on any atom is 0.206 e. The Balaban J connectivity index is 1.18. The van der Waals surface area contributed by atoms with Gasteiger partial charge in [0.2, 0.25) is 5.13 Å². The van der Waals surface area contributed by atoms with Gasteiger partial charge in [-0.3, -0.25) is 4.79 Å². The van der Waals surface area contributed by atoms with Gasteiger partial charge in [0, 0.05) is 17.0 Å². The third kappa shape index (κ3) is 4.97. The van der Waals surface area contributed by atoms with E-state index in [1.165, 1.54) is 23.1 Å². The first kappa shape index (κ1) is 22.5. The number of nitrogens with zero attached hydrogens (tertiary/aromatic N) is 3. The average molecular weight is 497 g/mol. The number of nitrogens with one attached hydrogen (secondary N) is 1. The number of hydrogen-bond acceptors (Lipinski definition) is 9. The Morgan fingerprint density at radius 3 is 2.88 bits per heavy atom. The highest BCUT2D eigenvalue weighted by Crippen LogP contribution is 2.32. The Kier molecular flexibility index (Phi) is 6.59. The zero-order valence-electron chi connectivity index (χ0n) is 18.8. The van der Waals surface area contributed by atoms with Crippen LogP contribution in [0.25, 0.3) is 0 Å². The van der Waals surface area contributed by atoms with Gasteiger partial charge in [-0.25, -0.2) is 0 Å². The van der Waals surface area contributed by atoms with Crippen LogP contribution >= 0.6 is 23.1 Å². The number of para-hydroxylation sites is 2. The van der Waals surface area contributed by atoms with Crippen molar-refractivity contribution in [2.24, 2.45) is 0 Å². The van der Waals surface area contributed by atoms with E-state index in [4.69, 9.17) is 13.9 Å². The summed E-state index contributed by atoms with van der Waals surface area (Å²) in [4.78, 5) is 13.0. The van der Waals surface area contributed by atoms with Crippen LogP contribution in [0.4, 0.5) is 5.13 Å². The lowest BCUT2D eigenvalue weighted by Crippen LogP contribution is -2.33. The number of aryl methyl sites for hydroxylation is 1. The molecule has 4 heterocycles. The van der Waals surface area contributed by atoms with Crippen LogP contribution < -0.4 is 14.8 Å². The molecule has 10 heteroatoms. The number of aromatic nitrogens is 3. The van der Waals surface area contributed by atoms with Crippen molar-refractivity contribution in [3.05, 3.63) is 71.4 Å². The molecular weight excluding hydrogens is 472 g/mol. The molecule has 0 unspecified atom stereocenters. The lowest BCUT2D eigenvalue weighted by Gasteiger charge is -2.27. The minimum Gasteiger partial charge on any atom is -0.486 e. The Morgan fingerprint density at radius 1 is 1.21 bits per heavy atom. The number of ketones is 1. The molecule has 0 saturated carbocycles. The number of furan rings is 1. The van der Waals surface area contributed by atoms with Crippen molar-refractivity contribution in [2.45, 2.75) is 37.4 Å². The number of thioether (sulfide) groups is 1. The number of carbonyl (C=O) groups is 1. The molecule has 0 aliphatic carbocycles. The van der Waals surface area contributed by atoms with Crippen LogP contribution in [0, 0.1) is 13.8 Å². The van der Waals surface area contributed by atoms with Gasteiger partial charge in [0.15, 0.2) is 27.7 Å². The fraction of sp³-hybridized carbons (Fsp3) is 0.292. The van der Waals surface area contributed by atoms with E-state index in [1.54, 1.807) is 6.26 Å². The van der Waals surface area contributed by atoms with Gasteiger partial charge in [0.1, 0.15) is 12.4 Å². The van der Waals surface area contributed by atoms with Gasteiger partial charge in [-0.15, -0.1) is 10.2 Å². The average Bonchev–Trinajstić information content (AvgIpc) is 3.59. The first-order valence-electron chi connectivity index (χ1n) is 10.9. The van der Waals surface area contributed by atoms with Gasteiger partial charge in [-0.05, 0) is 44.2 Å². The van der Waals surface area contributed by atoms with Crippen molar-refractivity contribution in [1.82, 2.24) is 14.8 Å². The zero-order valence-corrected chi connectivity index (χ0v) is 20.4. The van der Waals surface area contributed by atoms with Gasteiger partial charge in [0.05, 0.1) is 25.1 Å². The topological polar surface area (TPSA) is 91.4 Å². The van der Waals surface area contributed by atoms with E-state index in [9.17, 15) is 4.79 Å². The molecule has 0 amide bonds. The van der Waals surface area contributed by atoms with E-state index in [0.29, 0.717) is 30.6 Å². The summed E-state index contributed by atoms with van der Waals surface area (Å²) in [6.45, 7) is 5.62. The number of hydrogen-bond donors (Lipinski definition) is 1. The van der Waals surface area contributed by atoms with Crippen LogP contribution in [0.5, 0.6) is 11.5 Å². The first-order chi connectivity index (χ1) is 16.6. The van der Waals surface area contributed by atoms with E-state index in [0.717, 1.165) is 38.6 Å². The molecule has 176 valence electrons. The molecule has 1 aliphatic heterocycles. The molecule has 5 rings (SSSR count). The Hall–Kier alpha value is -3.24. The molecule has 1 aliphatic rings. The van der Waals surface area contributed by atoms with Crippen molar-refractivity contribution in [2.75, 3.05) is 17.7 Å². The minimum atomic E-state index is -0.120. The highest BCUT2D eigenvalue weighted by atomic mass is 32.2. The van der Waals surface area contributed by atoms with E-state index >= 15 is 0 Å². The van der Waals surface area contributed by atoms with Crippen molar-refractivity contribution in [3.8, 4) is 11.5 Å². The monoisotopic (exact) mass is 496 g/mol. The third-order valence-electron chi connectivity index (χ3n) is 5.55. The number of carbonyl (C=O) groups excluding carboxylic acids is 1. The van der Waals surface area contributed by atoms with E-state index in [1.807, 2.05) is 56.3 Å². The molecule has 1 N–H and O–H groups in total. The summed E-state index contributed by atoms with van der Waals surface area (Å²) in [6.07, 6.45) is 1.51. The van der Waals surface area contributed by atoms with Gasteiger partial charge in [0.25, 0.3) is 0 Å². The van der Waals surface area contributed by atoms with Crippen molar-refractivity contribution < 1.29 is 18.7 Å². The number of rotatable bonds is 9. The summed E-state index contributed by atoms with van der Waals surface area (Å²) < 4.78 is 20.1. The zero-order chi connectivity index (χ0) is 23.5. The van der Waals surface area contributed by atoms with Crippen LogP contribution in [0.3, 0.4) is 0 Å². The number of anilines is 1. The minimum absolute atomic E-state index is 0.0656. The largest absolute Gasteiger partial charge is 0.486 e. The Bertz CT molecular complexity index is 1280. The number of Topliss-reactive ketones (excluding diaryl/α,β-unsaturated/α-hetero) is 1. The lowest BCUT2D eigenvalue weighted by atomic mass is 10.2. The second-order valence-corrected chi connectivity index (χ2v) is 10.1. The highest BCUT2D eigenvalue weighted by Gasteiger charge is 2.24. The summed E-state index contributed by atoms with van der Waals surface area (Å²) in [6, 6.07) is 13.4. The van der Waals surface area contributed by atoms with Crippen LogP contribution in [0.1, 0.15) is 27.5 Å². The van der Waals surface area contributed by atoms with Gasteiger partial charge in [-0.2, -0.15) is 0 Å². The molecule has 0 bridgehead atoms. The van der Waals surface area contributed by atoms with Crippen LogP contribution in [-0.2, 0) is 13.1 Å². The SMILES string of the molecule is Cc1cc(C(=O)CSc2nnc(NCc3ccco3)s2)c(C)n1C[C@@H]1COc2ccccc2O1. The number of fused-ring (bicyclic) bond motifs is 1. The molecule has 1 atom stereocenters. The number of ether oxygens (including phenoxy) is 2. The molecule has 3 aromatic heterocycles. The highest BCUT2D eigenvalue weighted by molar-refractivity contribution is 8.01. The van der Waals surface area contributed by atoms with E-state index < -0.39 is 0 Å². The maximum absolute atomic E-state index is 13.0. The molecule has 0 spiro atoms. The maximum atomic E-state index is 13.0. The lowest BCUT2D eigenvalue weighted by molar-refractivity contribution is 0.0777. The smallest absolute Gasteiger partial charge is 0.206 e. The first-order valence-corrected chi connectivity index (χ1v) is 12.7. The fourth-order valence-corrected chi connectivity index (χ4v) is 5.47. The summed E-state index contributed by atoms with van der Waals surface area (Å²) >= 11 is 2.82. The van der Waals surface area contributed by atoms with Crippen molar-refractivity contribution in [1.29, 1.82) is 0 Å². The predicted octanol–water partition coefficient (Wildman–Crippen LogP) is 4.98. The second kappa shape index (κ2) is 9.94. The van der Waals surface area contributed by atoms with Gasteiger partial charge < -0.3 is 23.8 Å². The van der Waals surface area contributed by atoms with Crippen molar-refractivity contribution in [3.63, 3.8) is 0 Å². The Morgan fingerprint density at radius 2 is 2.06 bits per heavy atom. The molecule has 34 heavy (non-hydrogen) atoms.